The molecule has 1 aliphatic heterocycles. The fourth-order valence-corrected chi connectivity index (χ4v) is 6.71. The van der Waals surface area contributed by atoms with Crippen molar-refractivity contribution in [2.45, 2.75) is 50.1 Å². The van der Waals surface area contributed by atoms with Crippen molar-refractivity contribution in [3.05, 3.63) is 29.8 Å². The normalized spacial score (nSPS) is 18.8. The van der Waals surface area contributed by atoms with Gasteiger partial charge in [0.2, 0.25) is 10.0 Å². The Morgan fingerprint density at radius 3 is 2.43 bits per heavy atom. The number of aldehydes is 1. The summed E-state index contributed by atoms with van der Waals surface area (Å²) in [6.07, 6.45) is 4.77. The molecule has 0 saturated carbocycles. The highest BCUT2D eigenvalue weighted by molar-refractivity contribution is 7.90. The van der Waals surface area contributed by atoms with Gasteiger partial charge < -0.3 is 20.1 Å². The SMILES string of the molecule is CCN(CCCCN1CCN(S(=O)(=O)CCNCCO)CC1C=O)C(C)Cc1ccc(S(C)(=O)=O)cc1. The molecule has 0 spiro atoms. The van der Waals surface area contributed by atoms with Gasteiger partial charge in [0.25, 0.3) is 0 Å². The quantitative estimate of drug-likeness (QED) is 0.203. The zero-order chi connectivity index (χ0) is 27.5. The van der Waals surface area contributed by atoms with E-state index in [1.807, 2.05) is 12.1 Å². The maximum Gasteiger partial charge on any atom is 0.215 e. The second kappa shape index (κ2) is 15.2. The van der Waals surface area contributed by atoms with Crippen molar-refractivity contribution >= 4 is 26.1 Å². The lowest BCUT2D eigenvalue weighted by atomic mass is 10.1. The summed E-state index contributed by atoms with van der Waals surface area (Å²) in [5.74, 6) is -0.0501. The first-order chi connectivity index (χ1) is 17.5. The molecule has 1 saturated heterocycles. The Morgan fingerprint density at radius 1 is 1.14 bits per heavy atom. The first-order valence-corrected chi connectivity index (χ1v) is 16.5. The van der Waals surface area contributed by atoms with Crippen LogP contribution in [0.3, 0.4) is 0 Å². The Labute approximate surface area is 223 Å². The van der Waals surface area contributed by atoms with E-state index < -0.39 is 25.9 Å². The number of piperazine rings is 1. The molecule has 2 rings (SSSR count). The highest BCUT2D eigenvalue weighted by Crippen LogP contribution is 2.16. The van der Waals surface area contributed by atoms with Crippen molar-refractivity contribution in [2.75, 3.05) is 71.0 Å². The van der Waals surface area contributed by atoms with E-state index in [0.29, 0.717) is 30.6 Å². The lowest BCUT2D eigenvalue weighted by Crippen LogP contribution is -2.56. The van der Waals surface area contributed by atoms with Crippen LogP contribution in [-0.4, -0.2) is 125 Å². The molecule has 12 heteroatoms. The lowest BCUT2D eigenvalue weighted by molar-refractivity contribution is -0.113. The summed E-state index contributed by atoms with van der Waals surface area (Å²) in [7, 11) is -6.64. The molecule has 0 aliphatic carbocycles. The zero-order valence-corrected chi connectivity index (χ0v) is 24.0. The number of hydrogen-bond donors (Lipinski definition) is 2. The molecule has 1 aliphatic rings. The number of sulfonamides is 1. The molecule has 0 bridgehead atoms. The number of aliphatic hydroxyl groups excluding tert-OH is 1. The van der Waals surface area contributed by atoms with Crippen LogP contribution in [0.4, 0.5) is 0 Å². The largest absolute Gasteiger partial charge is 0.395 e. The number of sulfone groups is 1. The van der Waals surface area contributed by atoms with E-state index >= 15 is 0 Å². The van der Waals surface area contributed by atoms with Gasteiger partial charge in [-0.2, -0.15) is 4.31 Å². The van der Waals surface area contributed by atoms with Crippen molar-refractivity contribution < 1.29 is 26.7 Å². The Morgan fingerprint density at radius 2 is 1.84 bits per heavy atom. The molecule has 10 nitrogen and oxygen atoms in total. The van der Waals surface area contributed by atoms with Gasteiger partial charge >= 0.3 is 0 Å². The molecule has 212 valence electrons. The number of benzene rings is 1. The molecule has 2 N–H and O–H groups in total. The minimum Gasteiger partial charge on any atom is -0.395 e. The van der Waals surface area contributed by atoms with Crippen LogP contribution in [0.5, 0.6) is 0 Å². The third kappa shape index (κ3) is 10.3. The zero-order valence-electron chi connectivity index (χ0n) is 22.4. The van der Waals surface area contributed by atoms with Gasteiger partial charge in [-0.05, 0) is 63.5 Å². The number of likely N-dealkylation sites (N-methyl/N-ethyl adjacent to an activating group) is 1. The molecule has 2 unspecified atom stereocenters. The van der Waals surface area contributed by atoms with Gasteiger partial charge in [0.1, 0.15) is 6.29 Å². The topological polar surface area (TPSA) is 127 Å². The third-order valence-electron chi connectivity index (χ3n) is 6.92. The van der Waals surface area contributed by atoms with E-state index in [9.17, 15) is 21.6 Å². The molecule has 37 heavy (non-hydrogen) atoms. The van der Waals surface area contributed by atoms with Crippen LogP contribution in [0.25, 0.3) is 0 Å². The third-order valence-corrected chi connectivity index (χ3v) is 9.89. The van der Waals surface area contributed by atoms with E-state index in [1.165, 1.54) is 10.6 Å². The molecule has 1 aromatic rings. The van der Waals surface area contributed by atoms with Gasteiger partial charge in [0.05, 0.1) is 23.3 Å². The second-order valence-electron chi connectivity index (χ2n) is 9.69. The summed E-state index contributed by atoms with van der Waals surface area (Å²) < 4.78 is 49.9. The highest BCUT2D eigenvalue weighted by Gasteiger charge is 2.32. The Bertz CT molecular complexity index is 1030. The van der Waals surface area contributed by atoms with Gasteiger partial charge in [-0.25, -0.2) is 16.8 Å². The minimum absolute atomic E-state index is 0.0397. The number of nitrogens with zero attached hydrogens (tertiary/aromatic N) is 3. The maximum absolute atomic E-state index is 12.6. The average Bonchev–Trinajstić information content (AvgIpc) is 2.86. The predicted molar refractivity (Wildman–Crippen MR) is 146 cm³/mol. The predicted octanol–water partition coefficient (Wildman–Crippen LogP) is 0.220. The second-order valence-corrected chi connectivity index (χ2v) is 13.8. The first kappa shape index (κ1) is 31.8. The standard InChI is InChI=1S/C25H44N4O6S2/c1-4-27(22(2)19-23-7-9-25(10-8-23)36(3,32)33)13-5-6-14-28-15-16-29(20-24(28)21-31)37(34,35)18-12-26-11-17-30/h7-10,21-22,24,26,30H,4-6,11-20H2,1-3H3. The van der Waals surface area contributed by atoms with Crippen LogP contribution in [-0.2, 0) is 31.1 Å². The number of carbonyl (C=O) groups is 1. The minimum atomic E-state index is -3.45. The van der Waals surface area contributed by atoms with Crippen LogP contribution in [0.15, 0.2) is 29.2 Å². The number of carbonyl (C=O) groups excluding carboxylic acids is 1. The van der Waals surface area contributed by atoms with Crippen molar-refractivity contribution in [1.82, 2.24) is 19.4 Å². The molecular formula is C25H44N4O6S2. The Kier molecular flexibility index (Phi) is 13.1. The fraction of sp³-hybridized carbons (Fsp3) is 0.720. The van der Waals surface area contributed by atoms with Gasteiger partial charge in [0.15, 0.2) is 9.84 Å². The van der Waals surface area contributed by atoms with Crippen molar-refractivity contribution in [1.29, 1.82) is 0 Å². The maximum atomic E-state index is 12.6. The molecule has 1 aromatic carbocycles. The molecule has 0 aromatic heterocycles. The van der Waals surface area contributed by atoms with Crippen LogP contribution in [0.2, 0.25) is 0 Å². The number of aliphatic hydroxyl groups is 1. The van der Waals surface area contributed by atoms with Gasteiger partial charge in [-0.1, -0.05) is 19.1 Å². The number of unbranched alkanes of at least 4 members (excludes halogenated alkanes) is 1. The van der Waals surface area contributed by atoms with E-state index in [-0.39, 0.29) is 25.4 Å². The molecule has 1 fully saturated rings. The average molecular weight is 561 g/mol. The number of nitrogens with one attached hydrogen (secondary N) is 1. The summed E-state index contributed by atoms with van der Waals surface area (Å²) in [6.45, 7) is 8.55. The van der Waals surface area contributed by atoms with Crippen LogP contribution in [0.1, 0.15) is 32.3 Å². The van der Waals surface area contributed by atoms with Crippen LogP contribution in [0, 0.1) is 0 Å². The van der Waals surface area contributed by atoms with Gasteiger partial charge in [-0.15, -0.1) is 0 Å². The summed E-state index contributed by atoms with van der Waals surface area (Å²) in [6, 6.07) is 6.95. The molecular weight excluding hydrogens is 516 g/mol. The fourth-order valence-electron chi connectivity index (χ4n) is 4.68. The summed E-state index contributed by atoms with van der Waals surface area (Å²) in [5, 5.41) is 11.7. The molecule has 0 radical (unpaired) electrons. The highest BCUT2D eigenvalue weighted by atomic mass is 32.2. The van der Waals surface area contributed by atoms with Crippen molar-refractivity contribution in [3.8, 4) is 0 Å². The molecule has 2 atom stereocenters. The summed E-state index contributed by atoms with van der Waals surface area (Å²) in [5.41, 5.74) is 1.10. The van der Waals surface area contributed by atoms with Gasteiger partial charge in [0, 0.05) is 45.0 Å². The molecule has 1 heterocycles. The summed E-state index contributed by atoms with van der Waals surface area (Å²) in [4.78, 5) is 16.5. The van der Waals surface area contributed by atoms with E-state index in [1.54, 1.807) is 12.1 Å². The smallest absolute Gasteiger partial charge is 0.215 e. The van der Waals surface area contributed by atoms with Crippen LogP contribution < -0.4 is 5.32 Å². The number of hydrogen-bond acceptors (Lipinski definition) is 9. The van der Waals surface area contributed by atoms with E-state index in [4.69, 9.17) is 5.11 Å². The van der Waals surface area contributed by atoms with Gasteiger partial charge in [-0.3, -0.25) is 4.90 Å². The van der Waals surface area contributed by atoms with Crippen molar-refractivity contribution in [2.24, 2.45) is 0 Å². The van der Waals surface area contributed by atoms with Crippen molar-refractivity contribution in [3.63, 3.8) is 0 Å². The number of rotatable bonds is 17. The van der Waals surface area contributed by atoms with Crippen LogP contribution >= 0.6 is 0 Å². The monoisotopic (exact) mass is 560 g/mol. The van der Waals surface area contributed by atoms with E-state index in [2.05, 4.69) is 29.0 Å². The summed E-state index contributed by atoms with van der Waals surface area (Å²) >= 11 is 0. The Hall–Kier alpha value is -1.41. The Balaban J connectivity index is 1.78. The molecule has 0 amide bonds. The lowest BCUT2D eigenvalue weighted by Gasteiger charge is -2.38. The first-order valence-electron chi connectivity index (χ1n) is 13.0. The van der Waals surface area contributed by atoms with E-state index in [0.717, 1.165) is 50.7 Å².